The molecule has 168 valence electrons. The number of hydrogen-bond acceptors (Lipinski definition) is 6. The highest BCUT2D eigenvalue weighted by Gasteiger charge is 2.15. The number of carbonyl (C=O) groups is 1. The molecule has 1 aromatic heterocycles. The second-order valence-corrected chi connectivity index (χ2v) is 8.13. The van der Waals surface area contributed by atoms with E-state index in [0.717, 1.165) is 0 Å². The van der Waals surface area contributed by atoms with E-state index >= 15 is 0 Å². The Hall–Kier alpha value is -2.75. The number of halogens is 3. The number of anilines is 1. The monoisotopic (exact) mass is 496 g/mol. The lowest BCUT2D eigenvalue weighted by atomic mass is 10.3. The number of amides is 1. The van der Waals surface area contributed by atoms with Gasteiger partial charge in [0.2, 0.25) is 5.91 Å². The van der Waals surface area contributed by atoms with E-state index in [0.29, 0.717) is 39.7 Å². The smallest absolute Gasteiger partial charge is 0.234 e. The molecule has 7 nitrogen and oxygen atoms in total. The number of rotatable bonds is 10. The molecule has 0 aliphatic carbocycles. The molecule has 0 aliphatic rings. The summed E-state index contributed by atoms with van der Waals surface area (Å²) in [6, 6.07) is 9.04. The lowest BCUT2D eigenvalue weighted by molar-refractivity contribution is -0.113. The van der Waals surface area contributed by atoms with Crippen LogP contribution in [0.15, 0.2) is 54.2 Å². The molecule has 0 bridgehead atoms. The highest BCUT2D eigenvalue weighted by Crippen LogP contribution is 2.28. The van der Waals surface area contributed by atoms with Crippen molar-refractivity contribution >= 4 is 46.6 Å². The molecule has 0 spiro atoms. The second kappa shape index (κ2) is 11.2. The topological polar surface area (TPSA) is 78.3 Å². The predicted molar refractivity (Wildman–Crippen MR) is 123 cm³/mol. The molecule has 32 heavy (non-hydrogen) atoms. The van der Waals surface area contributed by atoms with Gasteiger partial charge in [-0.15, -0.1) is 16.8 Å². The number of nitrogens with zero attached hydrogens (tertiary/aromatic N) is 3. The standard InChI is InChI=1S/C21H19Cl2FN4O3S/c1-3-8-28-19(11-31-14-5-6-16(24)15(23)10-14)26-27-21(28)32-12-20(29)25-17-9-13(22)4-7-18(17)30-2/h3-7,9-10H,1,8,11-12H2,2H3,(H,25,29). The van der Waals surface area contributed by atoms with E-state index in [9.17, 15) is 9.18 Å². The first kappa shape index (κ1) is 23.9. The van der Waals surface area contributed by atoms with Crippen LogP contribution in [0.3, 0.4) is 0 Å². The van der Waals surface area contributed by atoms with Crippen LogP contribution in [0.5, 0.6) is 11.5 Å². The van der Waals surface area contributed by atoms with Gasteiger partial charge in [-0.05, 0) is 30.3 Å². The first-order valence-corrected chi connectivity index (χ1v) is 11.0. The first-order chi connectivity index (χ1) is 15.4. The molecule has 0 unspecified atom stereocenters. The van der Waals surface area contributed by atoms with Gasteiger partial charge < -0.3 is 14.8 Å². The summed E-state index contributed by atoms with van der Waals surface area (Å²) >= 11 is 13.0. The fourth-order valence-corrected chi connectivity index (χ4v) is 3.76. The highest BCUT2D eigenvalue weighted by atomic mass is 35.5. The van der Waals surface area contributed by atoms with E-state index in [4.69, 9.17) is 32.7 Å². The summed E-state index contributed by atoms with van der Waals surface area (Å²) in [6.07, 6.45) is 1.68. The summed E-state index contributed by atoms with van der Waals surface area (Å²) in [5, 5.41) is 12.0. The summed E-state index contributed by atoms with van der Waals surface area (Å²) in [6.45, 7) is 4.24. The molecule has 0 aliphatic heterocycles. The molecule has 1 amide bonds. The zero-order valence-electron chi connectivity index (χ0n) is 17.0. The molecular weight excluding hydrogens is 478 g/mol. The number of hydrogen-bond donors (Lipinski definition) is 1. The van der Waals surface area contributed by atoms with Crippen molar-refractivity contribution in [1.29, 1.82) is 0 Å². The van der Waals surface area contributed by atoms with E-state index in [-0.39, 0.29) is 23.3 Å². The number of allylic oxidation sites excluding steroid dienone is 1. The molecule has 11 heteroatoms. The molecule has 0 radical (unpaired) electrons. The molecule has 1 N–H and O–H groups in total. The fraction of sp³-hybridized carbons (Fsp3) is 0.190. The molecule has 0 atom stereocenters. The van der Waals surface area contributed by atoms with Gasteiger partial charge in [-0.2, -0.15) is 0 Å². The molecule has 0 saturated carbocycles. The van der Waals surface area contributed by atoms with Crippen LogP contribution in [0.25, 0.3) is 0 Å². The normalized spacial score (nSPS) is 10.6. The lowest BCUT2D eigenvalue weighted by Gasteiger charge is -2.11. The Labute approximate surface area is 198 Å². The molecule has 0 saturated heterocycles. The molecule has 3 rings (SSSR count). The molecular formula is C21H19Cl2FN4O3S. The van der Waals surface area contributed by atoms with Gasteiger partial charge in [0, 0.05) is 17.6 Å². The van der Waals surface area contributed by atoms with E-state index in [1.807, 2.05) is 0 Å². The van der Waals surface area contributed by atoms with Gasteiger partial charge in [0.25, 0.3) is 0 Å². The number of carbonyl (C=O) groups excluding carboxylic acids is 1. The number of aromatic nitrogens is 3. The quantitative estimate of drug-likeness (QED) is 0.306. The number of nitrogens with one attached hydrogen (secondary N) is 1. The largest absolute Gasteiger partial charge is 0.495 e. The Morgan fingerprint density at radius 2 is 2.09 bits per heavy atom. The van der Waals surface area contributed by atoms with E-state index in [2.05, 4.69) is 22.1 Å². The Bertz CT molecular complexity index is 1130. The van der Waals surface area contributed by atoms with Crippen LogP contribution < -0.4 is 14.8 Å². The lowest BCUT2D eigenvalue weighted by Crippen LogP contribution is -2.15. The van der Waals surface area contributed by atoms with E-state index < -0.39 is 5.82 Å². The van der Waals surface area contributed by atoms with Crippen molar-refractivity contribution < 1.29 is 18.7 Å². The molecule has 2 aromatic carbocycles. The summed E-state index contributed by atoms with van der Waals surface area (Å²) in [5.74, 6) is 0.712. The average Bonchev–Trinajstić information content (AvgIpc) is 3.15. The first-order valence-electron chi connectivity index (χ1n) is 9.28. The van der Waals surface area contributed by atoms with Crippen molar-refractivity contribution in [2.75, 3.05) is 18.2 Å². The third-order valence-corrected chi connectivity index (χ3v) is 5.62. The number of benzene rings is 2. The minimum atomic E-state index is -0.527. The Balaban J connectivity index is 1.64. The van der Waals surface area contributed by atoms with Crippen LogP contribution in [-0.2, 0) is 17.9 Å². The summed E-state index contributed by atoms with van der Waals surface area (Å²) in [4.78, 5) is 12.4. The van der Waals surface area contributed by atoms with Crippen LogP contribution in [0.4, 0.5) is 10.1 Å². The second-order valence-electron chi connectivity index (χ2n) is 6.34. The highest BCUT2D eigenvalue weighted by molar-refractivity contribution is 7.99. The van der Waals surface area contributed by atoms with Gasteiger partial charge in [-0.1, -0.05) is 41.0 Å². The van der Waals surface area contributed by atoms with Crippen LogP contribution in [0.1, 0.15) is 5.82 Å². The number of thioether (sulfide) groups is 1. The Kier molecular flexibility index (Phi) is 8.38. The Morgan fingerprint density at radius 1 is 1.28 bits per heavy atom. The number of ether oxygens (including phenoxy) is 2. The number of methoxy groups -OCH3 is 1. The van der Waals surface area contributed by atoms with Crippen LogP contribution in [-0.4, -0.2) is 33.5 Å². The maximum Gasteiger partial charge on any atom is 0.234 e. The third kappa shape index (κ3) is 6.15. The van der Waals surface area contributed by atoms with E-state index in [1.165, 1.54) is 37.1 Å². The minimum absolute atomic E-state index is 0.0337. The molecule has 0 fully saturated rings. The van der Waals surface area contributed by atoms with Gasteiger partial charge in [0.1, 0.15) is 23.9 Å². The minimum Gasteiger partial charge on any atom is -0.495 e. The van der Waals surface area contributed by atoms with Crippen molar-refractivity contribution in [3.63, 3.8) is 0 Å². The van der Waals surface area contributed by atoms with Crippen LogP contribution >= 0.6 is 35.0 Å². The van der Waals surface area contributed by atoms with Crippen LogP contribution in [0, 0.1) is 5.82 Å². The maximum absolute atomic E-state index is 13.3. The van der Waals surface area contributed by atoms with Crippen molar-refractivity contribution in [1.82, 2.24) is 14.8 Å². The molecule has 1 heterocycles. The van der Waals surface area contributed by atoms with Gasteiger partial charge in [0.05, 0.1) is 23.6 Å². The average molecular weight is 497 g/mol. The zero-order chi connectivity index (χ0) is 23.1. The fourth-order valence-electron chi connectivity index (χ4n) is 2.65. The van der Waals surface area contributed by atoms with Crippen molar-refractivity contribution in [3.05, 3.63) is 70.7 Å². The Morgan fingerprint density at radius 3 is 2.81 bits per heavy atom. The van der Waals surface area contributed by atoms with Gasteiger partial charge in [0.15, 0.2) is 11.0 Å². The molecule has 3 aromatic rings. The van der Waals surface area contributed by atoms with Crippen LogP contribution in [0.2, 0.25) is 10.0 Å². The summed E-state index contributed by atoms with van der Waals surface area (Å²) < 4.78 is 26.0. The van der Waals surface area contributed by atoms with Gasteiger partial charge in [-0.3, -0.25) is 9.36 Å². The van der Waals surface area contributed by atoms with Gasteiger partial charge in [-0.25, -0.2) is 4.39 Å². The zero-order valence-corrected chi connectivity index (χ0v) is 19.3. The van der Waals surface area contributed by atoms with Crippen molar-refractivity contribution in [2.45, 2.75) is 18.3 Å². The van der Waals surface area contributed by atoms with Crippen molar-refractivity contribution in [3.8, 4) is 11.5 Å². The predicted octanol–water partition coefficient (Wildman–Crippen LogP) is 5.23. The van der Waals surface area contributed by atoms with Crippen molar-refractivity contribution in [2.24, 2.45) is 0 Å². The summed E-state index contributed by atoms with van der Waals surface area (Å²) in [7, 11) is 1.51. The SMILES string of the molecule is C=CCn1c(COc2ccc(F)c(Cl)c2)nnc1SCC(=O)Nc1cc(Cl)ccc1OC. The van der Waals surface area contributed by atoms with E-state index in [1.54, 1.807) is 28.8 Å². The van der Waals surface area contributed by atoms with Gasteiger partial charge >= 0.3 is 0 Å². The summed E-state index contributed by atoms with van der Waals surface area (Å²) in [5.41, 5.74) is 0.477. The maximum atomic E-state index is 13.3. The third-order valence-electron chi connectivity index (χ3n) is 4.13.